The number of fused-ring (bicyclic) bond motifs is 2. The van der Waals surface area contributed by atoms with Crippen LogP contribution in [0.25, 0.3) is 78.3 Å². The van der Waals surface area contributed by atoms with Crippen LogP contribution in [0, 0.1) is 0 Å². The van der Waals surface area contributed by atoms with Crippen molar-refractivity contribution in [2.24, 2.45) is 4.99 Å². The van der Waals surface area contributed by atoms with Crippen LogP contribution in [0.2, 0.25) is 0 Å². The Balaban J connectivity index is 1.14. The van der Waals surface area contributed by atoms with E-state index in [1.54, 1.807) is 0 Å². The molecule has 0 bridgehead atoms. The Bertz CT molecular complexity index is 2470. The molecular weight excluding hydrogens is 595 g/mol. The number of rotatable bonds is 6. The molecule has 0 fully saturated rings. The van der Waals surface area contributed by atoms with Gasteiger partial charge in [-0.25, -0.2) is 15.0 Å². The van der Waals surface area contributed by atoms with Gasteiger partial charge in [-0.3, -0.25) is 4.99 Å². The van der Waals surface area contributed by atoms with Crippen molar-refractivity contribution in [3.63, 3.8) is 0 Å². The summed E-state index contributed by atoms with van der Waals surface area (Å²) in [4.78, 5) is 19.4. The molecule has 4 nitrogen and oxygen atoms in total. The average Bonchev–Trinajstić information content (AvgIpc) is 3.68. The first kappa shape index (κ1) is 28.7. The van der Waals surface area contributed by atoms with Crippen LogP contribution in [0.1, 0.15) is 0 Å². The third-order valence-electron chi connectivity index (χ3n) is 9.22. The van der Waals surface area contributed by atoms with Crippen molar-refractivity contribution in [1.29, 1.82) is 0 Å². The van der Waals surface area contributed by atoms with Crippen LogP contribution in [0.15, 0.2) is 169 Å². The van der Waals surface area contributed by atoms with E-state index in [0.717, 1.165) is 40.8 Å². The van der Waals surface area contributed by atoms with Crippen LogP contribution in [-0.2, 0) is 0 Å². The molecule has 228 valence electrons. The number of hydrogen-bond donors (Lipinski definition) is 0. The van der Waals surface area contributed by atoms with E-state index in [4.69, 9.17) is 15.0 Å². The second-order valence-corrected chi connectivity index (χ2v) is 12.2. The lowest BCUT2D eigenvalue weighted by atomic mass is 9.70. The van der Waals surface area contributed by atoms with Crippen molar-refractivity contribution < 1.29 is 0 Å². The highest BCUT2D eigenvalue weighted by molar-refractivity contribution is 6.83. The van der Waals surface area contributed by atoms with Crippen molar-refractivity contribution in [3.05, 3.63) is 164 Å². The second kappa shape index (κ2) is 12.3. The SMILES string of the molecule is B1C=Nc2cccc(-c3cccc(-c4ccc(-c5cccc(-c6nc(-c7ccccc7)nc(-c7ccccc7)n6)c5)c5ccccc45)c3)c21. The van der Waals surface area contributed by atoms with E-state index < -0.39 is 0 Å². The van der Waals surface area contributed by atoms with E-state index in [0.29, 0.717) is 17.5 Å². The summed E-state index contributed by atoms with van der Waals surface area (Å²) in [6.45, 7) is 0. The van der Waals surface area contributed by atoms with E-state index >= 15 is 0 Å². The molecule has 0 amide bonds. The topological polar surface area (TPSA) is 51.0 Å². The smallest absolute Gasteiger partial charge is 0.210 e. The van der Waals surface area contributed by atoms with Gasteiger partial charge >= 0.3 is 0 Å². The van der Waals surface area contributed by atoms with E-state index in [1.165, 1.54) is 38.5 Å². The lowest BCUT2D eigenvalue weighted by Crippen LogP contribution is -2.14. The minimum atomic E-state index is 0.644. The summed E-state index contributed by atoms with van der Waals surface area (Å²) in [5.74, 6) is 1.95. The maximum absolute atomic E-state index is 4.98. The van der Waals surface area contributed by atoms with Crippen molar-refractivity contribution in [2.75, 3.05) is 0 Å². The molecule has 0 N–H and O–H groups in total. The van der Waals surface area contributed by atoms with Crippen molar-refractivity contribution in [2.45, 2.75) is 0 Å². The lowest BCUT2D eigenvalue weighted by molar-refractivity contribution is 1.07. The van der Waals surface area contributed by atoms with Gasteiger partial charge in [0, 0.05) is 16.7 Å². The number of aliphatic imine (C=N–C) groups is 1. The van der Waals surface area contributed by atoms with Gasteiger partial charge in [-0.2, -0.15) is 0 Å². The van der Waals surface area contributed by atoms with Gasteiger partial charge in [-0.15, -0.1) is 0 Å². The molecule has 1 aliphatic rings. The van der Waals surface area contributed by atoms with Crippen molar-refractivity contribution >= 4 is 35.3 Å². The highest BCUT2D eigenvalue weighted by Gasteiger charge is 2.17. The van der Waals surface area contributed by atoms with Crippen LogP contribution in [0.3, 0.4) is 0 Å². The average molecular weight is 625 g/mol. The van der Waals surface area contributed by atoms with E-state index in [-0.39, 0.29) is 0 Å². The zero-order chi connectivity index (χ0) is 32.6. The monoisotopic (exact) mass is 624 g/mol. The zero-order valence-electron chi connectivity index (χ0n) is 26.7. The molecule has 5 heteroatoms. The van der Waals surface area contributed by atoms with Gasteiger partial charge in [0.2, 0.25) is 7.28 Å². The van der Waals surface area contributed by atoms with Crippen LogP contribution in [0.5, 0.6) is 0 Å². The number of nitrogens with zero attached hydrogens (tertiary/aromatic N) is 4. The maximum atomic E-state index is 4.98. The van der Waals surface area contributed by atoms with Crippen LogP contribution >= 0.6 is 0 Å². The van der Waals surface area contributed by atoms with Crippen molar-refractivity contribution in [3.8, 4) is 67.5 Å². The largest absolute Gasteiger partial charge is 0.271 e. The number of hydrogen-bond acceptors (Lipinski definition) is 4. The fourth-order valence-corrected chi connectivity index (χ4v) is 6.84. The summed E-state index contributed by atoms with van der Waals surface area (Å²) >= 11 is 0. The van der Waals surface area contributed by atoms with Gasteiger partial charge in [-0.05, 0) is 73.9 Å². The first-order valence-corrected chi connectivity index (χ1v) is 16.5. The Kier molecular flexibility index (Phi) is 7.21. The predicted octanol–water partition coefficient (Wildman–Crippen LogP) is 9.76. The molecule has 49 heavy (non-hydrogen) atoms. The van der Waals surface area contributed by atoms with Gasteiger partial charge < -0.3 is 0 Å². The minimum absolute atomic E-state index is 0.644. The fourth-order valence-electron chi connectivity index (χ4n) is 6.84. The molecule has 1 aliphatic heterocycles. The highest BCUT2D eigenvalue weighted by atomic mass is 15.0. The van der Waals surface area contributed by atoms with E-state index in [2.05, 4.69) is 108 Å². The van der Waals surface area contributed by atoms with Crippen LogP contribution < -0.4 is 5.46 Å². The summed E-state index contributed by atoms with van der Waals surface area (Å²) < 4.78 is 0. The molecule has 0 unspecified atom stereocenters. The molecule has 1 aromatic heterocycles. The Hall–Kier alpha value is -6.46. The summed E-state index contributed by atoms with van der Waals surface area (Å²) in [5, 5.41) is 2.41. The molecule has 0 spiro atoms. The van der Waals surface area contributed by atoms with Crippen LogP contribution in [-0.4, -0.2) is 28.3 Å². The van der Waals surface area contributed by atoms with Gasteiger partial charge in [0.05, 0.1) is 5.69 Å². The number of aromatic nitrogens is 3. The molecule has 0 atom stereocenters. The van der Waals surface area contributed by atoms with E-state index in [1.807, 2.05) is 66.8 Å². The molecule has 0 aliphatic carbocycles. The molecule has 2 heterocycles. The Labute approximate surface area is 285 Å². The van der Waals surface area contributed by atoms with E-state index in [9.17, 15) is 0 Å². The zero-order valence-corrected chi connectivity index (χ0v) is 26.7. The molecule has 8 aromatic rings. The normalized spacial score (nSPS) is 11.8. The fraction of sp³-hybridized carbons (Fsp3) is 0. The third kappa shape index (κ3) is 5.41. The van der Waals surface area contributed by atoms with Gasteiger partial charge in [0.25, 0.3) is 0 Å². The number of benzene rings is 7. The quantitative estimate of drug-likeness (QED) is 0.173. The summed E-state index contributed by atoms with van der Waals surface area (Å²) in [6.07, 6.45) is 2.00. The predicted molar refractivity (Wildman–Crippen MR) is 205 cm³/mol. The van der Waals surface area contributed by atoms with Crippen LogP contribution in [0.4, 0.5) is 5.69 Å². The van der Waals surface area contributed by atoms with Gasteiger partial charge in [-0.1, -0.05) is 146 Å². The first-order valence-electron chi connectivity index (χ1n) is 16.5. The third-order valence-corrected chi connectivity index (χ3v) is 9.22. The minimum Gasteiger partial charge on any atom is -0.271 e. The highest BCUT2D eigenvalue weighted by Crippen LogP contribution is 2.38. The second-order valence-electron chi connectivity index (χ2n) is 12.2. The standard InChI is InChI=1S/C44H29BN4/c1-3-12-29(13-4-1)42-47-43(30-14-5-2-6-15-30)49-44(48-42)34-19-10-17-32(27-34)36-25-24-35(38-20-7-8-21-39(36)38)31-16-9-18-33(26-31)37-22-11-23-40-41(37)45-28-46-40/h1-28,45H. The Morgan fingerprint density at radius 2 is 0.796 bits per heavy atom. The van der Waals surface area contributed by atoms with Gasteiger partial charge in [0.15, 0.2) is 17.5 Å². The Morgan fingerprint density at radius 1 is 0.347 bits per heavy atom. The van der Waals surface area contributed by atoms with Crippen molar-refractivity contribution in [1.82, 2.24) is 15.0 Å². The lowest BCUT2D eigenvalue weighted by Gasteiger charge is -2.15. The molecule has 0 radical (unpaired) electrons. The van der Waals surface area contributed by atoms with Gasteiger partial charge in [0.1, 0.15) is 0 Å². The molecule has 7 aromatic carbocycles. The summed E-state index contributed by atoms with van der Waals surface area (Å²) in [5.41, 5.74) is 12.3. The summed E-state index contributed by atoms with van der Waals surface area (Å²) in [6, 6.07) is 57.2. The molecule has 0 saturated heterocycles. The Morgan fingerprint density at radius 3 is 1.39 bits per heavy atom. The molecule has 9 rings (SSSR count). The first-order chi connectivity index (χ1) is 24.3. The molecular formula is C44H29BN4. The molecule has 0 saturated carbocycles. The maximum Gasteiger partial charge on any atom is 0.210 e. The summed E-state index contributed by atoms with van der Waals surface area (Å²) in [7, 11) is 0.873.